The molecule has 0 bridgehead atoms. The van der Waals surface area contributed by atoms with Crippen molar-refractivity contribution in [2.45, 2.75) is 43.2 Å². The van der Waals surface area contributed by atoms with E-state index >= 15 is 0 Å². The van der Waals surface area contributed by atoms with Crippen LogP contribution < -0.4 is 24.8 Å². The third-order valence-electron chi connectivity index (χ3n) is 9.26. The van der Waals surface area contributed by atoms with E-state index in [0.717, 1.165) is 0 Å². The topological polar surface area (TPSA) is 0 Å². The summed E-state index contributed by atoms with van der Waals surface area (Å²) in [7, 11) is 0. The van der Waals surface area contributed by atoms with Crippen LogP contribution in [0.3, 0.4) is 0 Å². The molecular weight excluding hydrogens is 595 g/mol. The summed E-state index contributed by atoms with van der Waals surface area (Å²) in [6, 6.07) is 32.4. The number of rotatable bonds is 4. The Labute approximate surface area is 250 Å². The maximum absolute atomic E-state index is 2.59. The van der Waals surface area contributed by atoms with Crippen molar-refractivity contribution in [1.82, 2.24) is 0 Å². The minimum Gasteiger partial charge on any atom is -1.00 e. The van der Waals surface area contributed by atoms with E-state index in [-0.39, 0.29) is 24.8 Å². The molecule has 0 N–H and O–H groups in total. The van der Waals surface area contributed by atoms with Gasteiger partial charge in [-0.1, -0.05) is 0 Å². The summed E-state index contributed by atoms with van der Waals surface area (Å²) in [5.41, 5.74) is 17.6. The van der Waals surface area contributed by atoms with Gasteiger partial charge in [-0.05, 0) is 0 Å². The fourth-order valence-electron chi connectivity index (χ4n) is 7.49. The molecule has 0 aromatic heterocycles. The molecule has 1 aliphatic heterocycles. The Bertz CT molecular complexity index is 1490. The van der Waals surface area contributed by atoms with Crippen molar-refractivity contribution in [2.75, 3.05) is 0 Å². The van der Waals surface area contributed by atoms with Crippen LogP contribution >= 0.6 is 0 Å². The second-order valence-electron chi connectivity index (χ2n) is 11.7. The van der Waals surface area contributed by atoms with E-state index in [1.54, 1.807) is 22.3 Å². The van der Waals surface area contributed by atoms with E-state index < -0.39 is 20.3 Å². The summed E-state index contributed by atoms with van der Waals surface area (Å²) in [6.45, 7) is 9.20. The molecule has 3 heteroatoms. The second kappa shape index (κ2) is 10.7. The molecule has 0 radical (unpaired) electrons. The van der Waals surface area contributed by atoms with Crippen LogP contribution in [0, 0.1) is 13.8 Å². The Kier molecular flexibility index (Phi) is 7.75. The second-order valence-corrected chi connectivity index (χ2v) is 23.1. The molecule has 0 nitrogen and oxygen atoms in total. The molecule has 0 amide bonds. The molecule has 2 aliphatic carbocycles. The molecule has 4 aromatic carbocycles. The molecule has 1 heterocycles. The zero-order valence-corrected chi connectivity index (χ0v) is 27.0. The van der Waals surface area contributed by atoms with Gasteiger partial charge >= 0.3 is 227 Å². The summed E-state index contributed by atoms with van der Waals surface area (Å²) in [6.07, 6.45) is 5.09. The van der Waals surface area contributed by atoms with Crippen molar-refractivity contribution in [2.24, 2.45) is 0 Å². The molecule has 7 rings (SSSR count). The summed E-state index contributed by atoms with van der Waals surface area (Å²) >= 11 is -2.59. The molecule has 2 unspecified atom stereocenters. The molecular formula is C36H34Cl2Zr. The first kappa shape index (κ1) is 28.4. The van der Waals surface area contributed by atoms with Gasteiger partial charge in [-0.3, -0.25) is 0 Å². The summed E-state index contributed by atoms with van der Waals surface area (Å²) in [5, 5.41) is 0. The Morgan fingerprint density at radius 1 is 0.513 bits per heavy atom. The van der Waals surface area contributed by atoms with Gasteiger partial charge in [0.2, 0.25) is 0 Å². The summed E-state index contributed by atoms with van der Waals surface area (Å²) < 4.78 is 4.39. The fraction of sp³-hybridized carbons (Fsp3) is 0.222. The number of fused-ring (bicyclic) bond motifs is 2. The van der Waals surface area contributed by atoms with Gasteiger partial charge in [0.15, 0.2) is 0 Å². The Morgan fingerprint density at radius 3 is 1.26 bits per heavy atom. The zero-order valence-electron chi connectivity index (χ0n) is 23.1. The van der Waals surface area contributed by atoms with Crippen molar-refractivity contribution < 1.29 is 45.1 Å². The van der Waals surface area contributed by atoms with Crippen LogP contribution in [0.25, 0.3) is 34.4 Å². The van der Waals surface area contributed by atoms with Crippen LogP contribution in [-0.2, 0) is 20.3 Å². The van der Waals surface area contributed by atoms with Crippen LogP contribution in [0.5, 0.6) is 0 Å². The van der Waals surface area contributed by atoms with E-state index in [2.05, 4.69) is 125 Å². The van der Waals surface area contributed by atoms with E-state index in [9.17, 15) is 0 Å². The van der Waals surface area contributed by atoms with Crippen molar-refractivity contribution in [3.63, 3.8) is 0 Å². The van der Waals surface area contributed by atoms with Crippen molar-refractivity contribution in [1.29, 1.82) is 0 Å². The van der Waals surface area contributed by atoms with Gasteiger partial charge in [0.1, 0.15) is 0 Å². The van der Waals surface area contributed by atoms with Gasteiger partial charge in [-0.25, -0.2) is 0 Å². The third-order valence-corrected chi connectivity index (χ3v) is 22.7. The predicted octanol–water partition coefficient (Wildman–Crippen LogP) is 4.27. The number of benzene rings is 4. The maximum Gasteiger partial charge on any atom is -1.00 e. The van der Waals surface area contributed by atoms with Crippen LogP contribution in [0.4, 0.5) is 0 Å². The molecule has 1 saturated heterocycles. The SMILES string of the molecule is CC1=Cc2c(-c3ccc(C)cc3)cccc2[CH]1[Zr+2]1([CH]2C(C)=Cc3c(-c4ccc(C)cc4)cccc32)[CH2][CH2]1.[Cl-].[Cl-]. The van der Waals surface area contributed by atoms with Crippen LogP contribution in [-0.4, -0.2) is 0 Å². The van der Waals surface area contributed by atoms with Gasteiger partial charge in [0, 0.05) is 0 Å². The molecule has 0 saturated carbocycles. The molecule has 196 valence electrons. The molecule has 0 spiro atoms. The normalized spacial score (nSPS) is 18.9. The number of aryl methyl sites for hydroxylation is 2. The molecule has 4 aromatic rings. The largest absolute Gasteiger partial charge is 1.00 e. The van der Waals surface area contributed by atoms with Crippen molar-refractivity contribution in [3.05, 3.63) is 129 Å². The van der Waals surface area contributed by atoms with Gasteiger partial charge in [-0.15, -0.1) is 0 Å². The Hall–Kier alpha value is -2.18. The minimum atomic E-state index is -2.59. The number of allylic oxidation sites excluding steroid dienone is 2. The zero-order chi connectivity index (χ0) is 25.3. The van der Waals surface area contributed by atoms with E-state index in [1.807, 2.05) is 0 Å². The smallest absolute Gasteiger partial charge is 1.00 e. The van der Waals surface area contributed by atoms with Gasteiger partial charge in [-0.2, -0.15) is 0 Å². The number of hydrogen-bond donors (Lipinski definition) is 0. The van der Waals surface area contributed by atoms with Crippen molar-refractivity contribution >= 4 is 12.2 Å². The van der Waals surface area contributed by atoms with Crippen LogP contribution in [0.1, 0.15) is 54.5 Å². The standard InChI is InChI=1S/2C17H15.C2H4.2ClH.Zr/c2*1-12-6-8-14(9-7-12)16-5-3-4-15-10-13(2)11-17(15)16;1-2;;;/h2*3-11H,1-2H3;1-2H2;2*1H;/q;;;;;+2/p-2. The first-order chi connectivity index (χ1) is 18.0. The van der Waals surface area contributed by atoms with E-state index in [4.69, 9.17) is 0 Å². The first-order valence-corrected chi connectivity index (χ1v) is 20.0. The number of halogens is 2. The number of hydrogen-bond acceptors (Lipinski definition) is 0. The van der Waals surface area contributed by atoms with Crippen molar-refractivity contribution in [3.8, 4) is 22.3 Å². The predicted molar refractivity (Wildman–Crippen MR) is 156 cm³/mol. The fourth-order valence-corrected chi connectivity index (χ4v) is 25.2. The Morgan fingerprint density at radius 2 is 0.897 bits per heavy atom. The van der Waals surface area contributed by atoms with Crippen LogP contribution in [0.15, 0.2) is 96.1 Å². The molecule has 1 fully saturated rings. The molecule has 3 aliphatic rings. The summed E-state index contributed by atoms with van der Waals surface area (Å²) in [5.74, 6) is 0. The summed E-state index contributed by atoms with van der Waals surface area (Å²) in [4.78, 5) is 0. The van der Waals surface area contributed by atoms with E-state index in [0.29, 0.717) is 7.25 Å². The minimum absolute atomic E-state index is 0. The molecule has 39 heavy (non-hydrogen) atoms. The maximum atomic E-state index is 2.55. The van der Waals surface area contributed by atoms with Crippen LogP contribution in [0.2, 0.25) is 8.26 Å². The van der Waals surface area contributed by atoms with Gasteiger partial charge in [0.25, 0.3) is 0 Å². The quantitative estimate of drug-likeness (QED) is 0.317. The first-order valence-electron chi connectivity index (χ1n) is 13.7. The van der Waals surface area contributed by atoms with Gasteiger partial charge in [0.05, 0.1) is 0 Å². The molecule has 2 atom stereocenters. The Balaban J connectivity index is 0.00000154. The average molecular weight is 629 g/mol. The average Bonchev–Trinajstić information content (AvgIpc) is 3.47. The third kappa shape index (κ3) is 4.56. The monoisotopic (exact) mass is 626 g/mol. The van der Waals surface area contributed by atoms with E-state index in [1.165, 1.54) is 52.8 Å². The van der Waals surface area contributed by atoms with Gasteiger partial charge < -0.3 is 24.8 Å².